The van der Waals surface area contributed by atoms with Gasteiger partial charge in [-0.2, -0.15) is 0 Å². The average Bonchev–Trinajstić information content (AvgIpc) is 3.09. The number of alkyl halides is 2. The van der Waals surface area contributed by atoms with Crippen LogP contribution in [0.15, 0.2) is 35.5 Å². The minimum Gasteiger partial charge on any atom is -0.388 e. The van der Waals surface area contributed by atoms with Crippen LogP contribution in [0.1, 0.15) is 58.8 Å². The summed E-state index contributed by atoms with van der Waals surface area (Å²) in [5, 5.41) is 20.3. The summed E-state index contributed by atoms with van der Waals surface area (Å²) in [6.07, 6.45) is 7.94. The molecule has 4 fully saturated rings. The lowest BCUT2D eigenvalue weighted by atomic mass is 9.61. The van der Waals surface area contributed by atoms with Crippen molar-refractivity contribution >= 4 is 0 Å². The van der Waals surface area contributed by atoms with E-state index in [-0.39, 0.29) is 6.10 Å². The van der Waals surface area contributed by atoms with Gasteiger partial charge in [-0.1, -0.05) is 43.7 Å². The highest BCUT2D eigenvalue weighted by atomic mass is 19.3. The number of nitrogens with zero attached hydrogens (tertiary/aromatic N) is 1. The Kier molecular flexibility index (Phi) is 7.79. The Morgan fingerprint density at radius 2 is 1.88 bits per heavy atom. The van der Waals surface area contributed by atoms with Gasteiger partial charge < -0.3 is 14.9 Å². The number of hydrogen-bond acceptors (Lipinski definition) is 4. The largest absolute Gasteiger partial charge is 0.388 e. The monoisotopic (exact) mass is 465 g/mol. The van der Waals surface area contributed by atoms with E-state index in [2.05, 4.69) is 37.5 Å². The number of aliphatic hydroxyl groups excluding tert-OH is 2. The van der Waals surface area contributed by atoms with Gasteiger partial charge >= 0.3 is 0 Å². The van der Waals surface area contributed by atoms with Crippen LogP contribution in [0, 0.1) is 23.2 Å². The summed E-state index contributed by atoms with van der Waals surface area (Å²) in [5.41, 5.74) is 3.47. The molecule has 1 aliphatic heterocycles. The lowest BCUT2D eigenvalue weighted by Gasteiger charge is -2.47. The van der Waals surface area contributed by atoms with Crippen LogP contribution in [0.3, 0.4) is 0 Å². The van der Waals surface area contributed by atoms with Gasteiger partial charge in [-0.15, -0.1) is 0 Å². The van der Waals surface area contributed by atoms with Gasteiger partial charge in [-0.05, 0) is 73.7 Å². The Labute approximate surface area is 197 Å². The van der Waals surface area contributed by atoms with Crippen LogP contribution in [-0.4, -0.2) is 66.1 Å². The Morgan fingerprint density at radius 3 is 2.55 bits per heavy atom. The van der Waals surface area contributed by atoms with E-state index in [9.17, 15) is 19.0 Å². The van der Waals surface area contributed by atoms with Crippen molar-refractivity contribution in [2.45, 2.75) is 83.5 Å². The first-order valence-electron chi connectivity index (χ1n) is 12.7. The third-order valence-corrected chi connectivity index (χ3v) is 8.95. The summed E-state index contributed by atoms with van der Waals surface area (Å²) >= 11 is 0. The first-order chi connectivity index (χ1) is 15.7. The minimum absolute atomic E-state index is 0.0376. The molecular formula is C27H41F2NO3. The molecule has 4 rings (SSSR count). The third-order valence-electron chi connectivity index (χ3n) is 8.95. The van der Waals surface area contributed by atoms with E-state index in [1.807, 2.05) is 0 Å². The lowest BCUT2D eigenvalue weighted by Crippen LogP contribution is -2.54. The summed E-state index contributed by atoms with van der Waals surface area (Å²) in [6.45, 7) is 10.8. The summed E-state index contributed by atoms with van der Waals surface area (Å²) in [4.78, 5) is 2.36. The van der Waals surface area contributed by atoms with Gasteiger partial charge in [-0.25, -0.2) is 8.78 Å². The first-order valence-corrected chi connectivity index (χ1v) is 12.7. The van der Waals surface area contributed by atoms with E-state index in [4.69, 9.17) is 4.74 Å². The number of hydrogen-bond donors (Lipinski definition) is 2. The van der Waals surface area contributed by atoms with E-state index >= 15 is 0 Å². The lowest BCUT2D eigenvalue weighted by molar-refractivity contribution is -0.0942. The molecule has 2 N–H and O–H groups in total. The number of likely N-dealkylation sites (tertiary alicyclic amines) is 1. The number of fused-ring (bicyclic) bond motifs is 1. The molecule has 3 saturated carbocycles. The van der Waals surface area contributed by atoms with E-state index < -0.39 is 25.2 Å². The van der Waals surface area contributed by atoms with Crippen molar-refractivity contribution in [3.8, 4) is 0 Å². The predicted molar refractivity (Wildman–Crippen MR) is 126 cm³/mol. The maximum absolute atomic E-state index is 12.3. The van der Waals surface area contributed by atoms with Crippen molar-refractivity contribution < 1.29 is 23.7 Å². The fraction of sp³-hybridized carbons (Fsp3) is 0.778. The zero-order valence-electron chi connectivity index (χ0n) is 20.2. The van der Waals surface area contributed by atoms with E-state index in [1.54, 1.807) is 0 Å². The fourth-order valence-corrected chi connectivity index (χ4v) is 7.16. The molecule has 4 aliphatic rings. The van der Waals surface area contributed by atoms with Gasteiger partial charge in [0.05, 0.1) is 18.3 Å². The molecule has 3 aliphatic carbocycles. The van der Waals surface area contributed by atoms with E-state index in [0.29, 0.717) is 41.6 Å². The molecule has 33 heavy (non-hydrogen) atoms. The molecule has 186 valence electrons. The van der Waals surface area contributed by atoms with Crippen molar-refractivity contribution in [1.82, 2.24) is 4.90 Å². The zero-order chi connectivity index (χ0) is 23.8. The van der Waals surface area contributed by atoms with Gasteiger partial charge in [0.15, 0.2) is 0 Å². The molecule has 0 spiro atoms. The molecule has 0 aromatic rings. The van der Waals surface area contributed by atoms with Crippen LogP contribution in [-0.2, 0) is 4.74 Å². The quantitative estimate of drug-likeness (QED) is 0.534. The zero-order valence-corrected chi connectivity index (χ0v) is 20.2. The highest BCUT2D eigenvalue weighted by Crippen LogP contribution is 2.59. The van der Waals surface area contributed by atoms with Crippen LogP contribution in [0.25, 0.3) is 0 Å². The molecule has 0 unspecified atom stereocenters. The van der Waals surface area contributed by atoms with Gasteiger partial charge in [0.1, 0.15) is 6.61 Å². The van der Waals surface area contributed by atoms with E-state index in [0.717, 1.165) is 31.6 Å². The second-order valence-electron chi connectivity index (χ2n) is 11.2. The predicted octanol–water partition coefficient (Wildman–Crippen LogP) is 4.73. The normalized spacial score (nSPS) is 38.0. The number of aliphatic hydroxyl groups is 2. The third kappa shape index (κ3) is 5.44. The van der Waals surface area contributed by atoms with Crippen LogP contribution >= 0.6 is 0 Å². The fourth-order valence-electron chi connectivity index (χ4n) is 7.16. The average molecular weight is 466 g/mol. The highest BCUT2D eigenvalue weighted by molar-refractivity contribution is 5.29. The smallest absolute Gasteiger partial charge is 0.261 e. The second-order valence-corrected chi connectivity index (χ2v) is 11.2. The summed E-state index contributed by atoms with van der Waals surface area (Å²) < 4.78 is 29.9. The topological polar surface area (TPSA) is 52.9 Å². The number of ether oxygens (including phenoxy) is 1. The van der Waals surface area contributed by atoms with Gasteiger partial charge in [0, 0.05) is 19.6 Å². The molecule has 6 atom stereocenters. The molecule has 1 saturated heterocycles. The van der Waals surface area contributed by atoms with Crippen LogP contribution < -0.4 is 0 Å². The number of rotatable bonds is 7. The van der Waals surface area contributed by atoms with E-state index in [1.165, 1.54) is 31.3 Å². The van der Waals surface area contributed by atoms with Gasteiger partial charge in [-0.3, -0.25) is 4.90 Å². The maximum Gasteiger partial charge on any atom is 0.261 e. The number of allylic oxidation sites excluding steroid dienone is 3. The molecular weight excluding hydrogens is 424 g/mol. The van der Waals surface area contributed by atoms with Gasteiger partial charge in [0.2, 0.25) is 0 Å². The number of halogens is 2. The van der Waals surface area contributed by atoms with Crippen molar-refractivity contribution in [2.24, 2.45) is 23.2 Å². The molecule has 0 aromatic heterocycles. The molecule has 4 nitrogen and oxygen atoms in total. The molecule has 0 radical (unpaired) electrons. The Bertz CT molecular complexity index is 759. The summed E-state index contributed by atoms with van der Waals surface area (Å²) in [6, 6.07) is 0. The first kappa shape index (κ1) is 25.0. The Balaban J connectivity index is 1.35. The van der Waals surface area contributed by atoms with Crippen molar-refractivity contribution in [3.05, 3.63) is 35.5 Å². The summed E-state index contributed by atoms with van der Waals surface area (Å²) in [7, 11) is 0. The molecule has 0 aromatic carbocycles. The van der Waals surface area contributed by atoms with Crippen LogP contribution in [0.5, 0.6) is 0 Å². The van der Waals surface area contributed by atoms with Crippen LogP contribution in [0.4, 0.5) is 8.78 Å². The van der Waals surface area contributed by atoms with Crippen molar-refractivity contribution in [1.29, 1.82) is 0 Å². The highest BCUT2D eigenvalue weighted by Gasteiger charge is 2.51. The van der Waals surface area contributed by atoms with Crippen LogP contribution in [0.2, 0.25) is 0 Å². The Hall–Kier alpha value is -1.08. The molecule has 0 amide bonds. The molecule has 6 heteroatoms. The minimum atomic E-state index is -2.38. The second kappa shape index (κ2) is 10.3. The standard InChI is InChI=1S/C27H41F2NO3/c1-17(13-30-14-21(15-30)33-16-26(28)29)22-8-9-23-20(5-4-10-27(22,23)3)7-6-19-11-24(31)18(2)25(32)12-19/h6-7,17,21-26,31-32H,2,4-5,8-16H2,1,3H3/b20-7+/t17-,22-,23+,24-,25-,27-/m1/s1. The summed E-state index contributed by atoms with van der Waals surface area (Å²) in [5.74, 6) is 1.84. The maximum atomic E-state index is 12.3. The SMILES string of the molecule is C=C1[C@H](O)CC(=C/C=C2\CCC[C@]3(C)[C@@H]([C@H](C)CN4CC(OCC(F)F)C4)CC[C@@H]23)C[C@H]1O. The molecule has 0 bridgehead atoms. The van der Waals surface area contributed by atoms with Gasteiger partial charge in [0.25, 0.3) is 6.43 Å². The molecule has 1 heterocycles. The van der Waals surface area contributed by atoms with Crippen molar-refractivity contribution in [3.63, 3.8) is 0 Å². The van der Waals surface area contributed by atoms with Crippen molar-refractivity contribution in [2.75, 3.05) is 26.2 Å². The Morgan fingerprint density at radius 1 is 1.18 bits per heavy atom.